The molecule has 0 saturated heterocycles. The maximum Gasteiger partial charge on any atom is 0.326 e. The molecule has 1 N–H and O–H groups in total. The Bertz CT molecular complexity index is 514. The van der Waals surface area contributed by atoms with E-state index in [0.29, 0.717) is 12.8 Å². The number of nitrogens with zero attached hydrogens (tertiary/aromatic N) is 1. The summed E-state index contributed by atoms with van der Waals surface area (Å²) in [5.41, 5.74) is 1.08. The zero-order chi connectivity index (χ0) is 14.7. The Balaban J connectivity index is 1.97. The maximum atomic E-state index is 12.3. The lowest BCUT2D eigenvalue weighted by Gasteiger charge is -2.26. The van der Waals surface area contributed by atoms with Gasteiger partial charge in [0, 0.05) is 16.9 Å². The molecular weight excluding hydrogens is 322 g/mol. The van der Waals surface area contributed by atoms with Gasteiger partial charge in [-0.3, -0.25) is 4.79 Å². The molecule has 5 heteroatoms. The van der Waals surface area contributed by atoms with Gasteiger partial charge in [-0.1, -0.05) is 28.1 Å². The second-order valence-corrected chi connectivity index (χ2v) is 6.09. The lowest BCUT2D eigenvalue weighted by atomic mass is 10.1. The fraction of sp³-hybridized carbons (Fsp3) is 0.467. The van der Waals surface area contributed by atoms with Gasteiger partial charge in [-0.25, -0.2) is 4.79 Å². The molecule has 2 rings (SSSR count). The average Bonchev–Trinajstić information content (AvgIpc) is 3.21. The van der Waals surface area contributed by atoms with Crippen molar-refractivity contribution in [2.75, 3.05) is 0 Å². The van der Waals surface area contributed by atoms with Gasteiger partial charge in [-0.15, -0.1) is 0 Å². The van der Waals surface area contributed by atoms with Crippen LogP contribution in [0.3, 0.4) is 0 Å². The van der Waals surface area contributed by atoms with E-state index in [-0.39, 0.29) is 11.9 Å². The quantitative estimate of drug-likeness (QED) is 0.866. The Morgan fingerprint density at radius 3 is 2.70 bits per heavy atom. The molecule has 1 amide bonds. The Hall–Kier alpha value is -1.36. The van der Waals surface area contributed by atoms with E-state index in [1.165, 1.54) is 0 Å². The Labute approximate surface area is 126 Å². The fourth-order valence-corrected chi connectivity index (χ4v) is 2.73. The first-order valence-corrected chi connectivity index (χ1v) is 7.56. The summed E-state index contributed by atoms with van der Waals surface area (Å²) in [6.45, 7) is 1.58. The molecule has 20 heavy (non-hydrogen) atoms. The smallest absolute Gasteiger partial charge is 0.326 e. The van der Waals surface area contributed by atoms with Gasteiger partial charge < -0.3 is 10.0 Å². The van der Waals surface area contributed by atoms with Crippen molar-refractivity contribution in [1.82, 2.24) is 4.90 Å². The van der Waals surface area contributed by atoms with Crippen molar-refractivity contribution in [3.05, 3.63) is 34.3 Å². The summed E-state index contributed by atoms with van der Waals surface area (Å²) in [4.78, 5) is 24.9. The van der Waals surface area contributed by atoms with Gasteiger partial charge in [0.25, 0.3) is 0 Å². The second kappa shape index (κ2) is 6.39. The molecule has 0 heterocycles. The molecule has 1 aliphatic rings. The van der Waals surface area contributed by atoms with Crippen molar-refractivity contribution < 1.29 is 14.7 Å². The number of rotatable bonds is 6. The summed E-state index contributed by atoms with van der Waals surface area (Å²) < 4.78 is 0.986. The number of carbonyl (C=O) groups excluding carboxylic acids is 1. The third-order valence-corrected chi connectivity index (χ3v) is 4.01. The number of carboxylic acids is 1. The monoisotopic (exact) mass is 339 g/mol. The minimum atomic E-state index is -0.937. The van der Waals surface area contributed by atoms with Crippen LogP contribution in [0, 0.1) is 0 Å². The lowest BCUT2D eigenvalue weighted by molar-refractivity contribution is -0.150. The molecule has 0 spiro atoms. The second-order valence-electron chi connectivity index (χ2n) is 5.18. The van der Waals surface area contributed by atoms with E-state index in [0.717, 1.165) is 22.9 Å². The van der Waals surface area contributed by atoms with Crippen molar-refractivity contribution in [1.29, 1.82) is 0 Å². The summed E-state index contributed by atoms with van der Waals surface area (Å²) in [5.74, 6) is -1.00. The number of hydrogen-bond acceptors (Lipinski definition) is 2. The van der Waals surface area contributed by atoms with Gasteiger partial charge in [0.1, 0.15) is 6.04 Å². The van der Waals surface area contributed by atoms with E-state index in [1.807, 2.05) is 24.3 Å². The Morgan fingerprint density at radius 1 is 1.45 bits per heavy atom. The average molecular weight is 340 g/mol. The van der Waals surface area contributed by atoms with Crippen molar-refractivity contribution in [3.8, 4) is 0 Å². The molecular formula is C15H18BrNO3. The molecule has 1 fully saturated rings. The molecule has 1 aromatic carbocycles. The van der Waals surface area contributed by atoms with Crippen LogP contribution in [0.2, 0.25) is 0 Å². The van der Waals surface area contributed by atoms with Crippen LogP contribution < -0.4 is 0 Å². The molecule has 1 unspecified atom stereocenters. The van der Waals surface area contributed by atoms with Crippen LogP contribution in [-0.4, -0.2) is 34.0 Å². The largest absolute Gasteiger partial charge is 0.480 e. The maximum absolute atomic E-state index is 12.3. The molecule has 0 aliphatic heterocycles. The third-order valence-electron chi connectivity index (χ3n) is 3.52. The SMILES string of the molecule is CC(C(=O)O)N(C(=O)CCc1cccc(Br)c1)C1CC1. The highest BCUT2D eigenvalue weighted by molar-refractivity contribution is 9.10. The van der Waals surface area contributed by atoms with Crippen LogP contribution in [0.1, 0.15) is 31.7 Å². The van der Waals surface area contributed by atoms with Crippen LogP contribution >= 0.6 is 15.9 Å². The molecule has 108 valence electrons. The number of amides is 1. The number of carbonyl (C=O) groups is 2. The predicted octanol–water partition coefficient (Wildman–Crippen LogP) is 2.85. The number of aliphatic carboxylic acids is 1. The molecule has 0 aromatic heterocycles. The van der Waals surface area contributed by atoms with E-state index in [1.54, 1.807) is 11.8 Å². The molecule has 0 bridgehead atoms. The minimum Gasteiger partial charge on any atom is -0.480 e. The predicted molar refractivity (Wildman–Crippen MR) is 79.4 cm³/mol. The highest BCUT2D eigenvalue weighted by Gasteiger charge is 2.37. The van der Waals surface area contributed by atoms with Gasteiger partial charge in [0.2, 0.25) is 5.91 Å². The van der Waals surface area contributed by atoms with Gasteiger partial charge in [-0.2, -0.15) is 0 Å². The number of halogens is 1. The fourth-order valence-electron chi connectivity index (χ4n) is 2.28. The Morgan fingerprint density at radius 2 is 2.15 bits per heavy atom. The topological polar surface area (TPSA) is 57.6 Å². The number of hydrogen-bond donors (Lipinski definition) is 1. The molecule has 0 radical (unpaired) electrons. The zero-order valence-electron chi connectivity index (χ0n) is 11.4. The zero-order valence-corrected chi connectivity index (χ0v) is 13.0. The van der Waals surface area contributed by atoms with Crippen LogP contribution in [-0.2, 0) is 16.0 Å². The van der Waals surface area contributed by atoms with E-state index >= 15 is 0 Å². The highest BCUT2D eigenvalue weighted by Crippen LogP contribution is 2.29. The first kappa shape index (κ1) is 15.0. The number of carboxylic acid groups (broad SMARTS) is 1. The van der Waals surface area contributed by atoms with Crippen molar-refractivity contribution in [2.24, 2.45) is 0 Å². The number of benzene rings is 1. The minimum absolute atomic E-state index is 0.0672. The van der Waals surface area contributed by atoms with Gasteiger partial charge in [-0.05, 0) is 43.9 Å². The van der Waals surface area contributed by atoms with Crippen LogP contribution in [0.25, 0.3) is 0 Å². The Kier molecular flexibility index (Phi) is 4.81. The van der Waals surface area contributed by atoms with E-state index in [4.69, 9.17) is 5.11 Å². The third kappa shape index (κ3) is 3.82. The van der Waals surface area contributed by atoms with Gasteiger partial charge in [0.15, 0.2) is 0 Å². The standard InChI is InChI=1S/C15H18BrNO3/c1-10(15(19)20)17(13-6-7-13)14(18)8-5-11-3-2-4-12(16)9-11/h2-4,9-10,13H,5-8H2,1H3,(H,19,20). The number of aryl methyl sites for hydroxylation is 1. The lowest BCUT2D eigenvalue weighted by Crippen LogP contribution is -2.44. The molecule has 1 saturated carbocycles. The summed E-state index contributed by atoms with van der Waals surface area (Å²) in [6.07, 6.45) is 2.82. The normalized spacial score (nSPS) is 15.7. The first-order valence-electron chi connectivity index (χ1n) is 6.77. The summed E-state index contributed by atoms with van der Waals surface area (Å²) >= 11 is 3.40. The van der Waals surface area contributed by atoms with E-state index in [2.05, 4.69) is 15.9 Å². The summed E-state index contributed by atoms with van der Waals surface area (Å²) in [5, 5.41) is 9.10. The highest BCUT2D eigenvalue weighted by atomic mass is 79.9. The van der Waals surface area contributed by atoms with Crippen LogP contribution in [0.5, 0.6) is 0 Å². The summed E-state index contributed by atoms with van der Waals surface area (Å²) in [6, 6.07) is 7.21. The molecule has 1 aliphatic carbocycles. The van der Waals surface area contributed by atoms with Crippen molar-refractivity contribution in [2.45, 2.75) is 44.7 Å². The van der Waals surface area contributed by atoms with Gasteiger partial charge in [0.05, 0.1) is 0 Å². The molecule has 1 atom stereocenters. The van der Waals surface area contributed by atoms with Gasteiger partial charge >= 0.3 is 5.97 Å². The van der Waals surface area contributed by atoms with Crippen LogP contribution in [0.4, 0.5) is 0 Å². The molecule has 4 nitrogen and oxygen atoms in total. The van der Waals surface area contributed by atoms with E-state index < -0.39 is 12.0 Å². The van der Waals surface area contributed by atoms with Crippen molar-refractivity contribution >= 4 is 27.8 Å². The van der Waals surface area contributed by atoms with Crippen LogP contribution in [0.15, 0.2) is 28.7 Å². The molecule has 1 aromatic rings. The van der Waals surface area contributed by atoms with E-state index in [9.17, 15) is 9.59 Å². The van der Waals surface area contributed by atoms with Crippen molar-refractivity contribution in [3.63, 3.8) is 0 Å². The first-order chi connectivity index (χ1) is 9.49. The summed E-state index contributed by atoms with van der Waals surface area (Å²) in [7, 11) is 0.